The lowest BCUT2D eigenvalue weighted by Crippen LogP contribution is -2.24. The summed E-state index contributed by atoms with van der Waals surface area (Å²) in [4.78, 5) is 15.1. The molecule has 5 nitrogen and oxygen atoms in total. The van der Waals surface area contributed by atoms with Gasteiger partial charge >= 0.3 is 0 Å². The fourth-order valence-electron chi connectivity index (χ4n) is 1.83. The summed E-state index contributed by atoms with van der Waals surface area (Å²) < 4.78 is 23.9. The van der Waals surface area contributed by atoms with E-state index in [1.54, 1.807) is 31.5 Å². The second kappa shape index (κ2) is 5.92. The van der Waals surface area contributed by atoms with Gasteiger partial charge in [0.1, 0.15) is 0 Å². The Morgan fingerprint density at radius 3 is 2.65 bits per heavy atom. The maximum absolute atomic E-state index is 12.1. The third-order valence-corrected chi connectivity index (χ3v) is 4.75. The first-order valence-electron chi connectivity index (χ1n) is 6.26. The zero-order chi connectivity index (χ0) is 14.6. The van der Waals surface area contributed by atoms with Crippen molar-refractivity contribution in [1.29, 1.82) is 0 Å². The fourth-order valence-corrected chi connectivity index (χ4v) is 2.92. The summed E-state index contributed by atoms with van der Waals surface area (Å²) in [6.07, 6.45) is 3.53. The van der Waals surface area contributed by atoms with Gasteiger partial charge in [0, 0.05) is 18.9 Å². The van der Waals surface area contributed by atoms with Crippen LogP contribution in [0.1, 0.15) is 22.8 Å². The molecule has 2 rings (SSSR count). The Labute approximate surface area is 117 Å². The molecule has 20 heavy (non-hydrogen) atoms. The van der Waals surface area contributed by atoms with Gasteiger partial charge in [0.2, 0.25) is 0 Å². The van der Waals surface area contributed by atoms with Crippen LogP contribution in [0.2, 0.25) is 0 Å². The van der Waals surface area contributed by atoms with Crippen molar-refractivity contribution in [3.05, 3.63) is 53.9 Å². The molecule has 0 aliphatic rings. The number of aromatic nitrogens is 1. The first kappa shape index (κ1) is 14.3. The molecule has 0 bridgehead atoms. The highest BCUT2D eigenvalue weighted by Gasteiger charge is 2.20. The zero-order valence-corrected chi connectivity index (χ0v) is 11.9. The summed E-state index contributed by atoms with van der Waals surface area (Å²) in [6, 6.07) is 8.10. The number of carbonyl (C=O) groups is 1. The molecule has 0 atom stereocenters. The van der Waals surface area contributed by atoms with Gasteiger partial charge in [-0.2, -0.15) is 0 Å². The van der Waals surface area contributed by atoms with Gasteiger partial charge in [-0.05, 0) is 23.8 Å². The summed E-state index contributed by atoms with van der Waals surface area (Å²) in [6.45, 7) is 1.91. The van der Waals surface area contributed by atoms with Crippen molar-refractivity contribution in [2.24, 2.45) is 0 Å². The average Bonchev–Trinajstić information content (AvgIpc) is 2.98. The third-order valence-electron chi connectivity index (χ3n) is 2.96. The number of hydrogen-bond acceptors (Lipinski definition) is 3. The lowest BCUT2D eigenvalue weighted by molar-refractivity contribution is 0.0947. The van der Waals surface area contributed by atoms with Gasteiger partial charge in [0.05, 0.1) is 16.2 Å². The average molecular weight is 292 g/mol. The molecular weight excluding hydrogens is 276 g/mol. The number of amides is 1. The third kappa shape index (κ3) is 3.08. The number of sulfone groups is 1. The van der Waals surface area contributed by atoms with E-state index in [0.717, 1.165) is 5.56 Å². The normalized spacial score (nSPS) is 11.2. The number of H-pyrrole nitrogens is 1. The number of nitrogens with one attached hydrogen (secondary N) is 2. The minimum absolute atomic E-state index is 0.0326. The molecular formula is C14H16N2O3S. The highest BCUT2D eigenvalue weighted by Crippen LogP contribution is 2.17. The van der Waals surface area contributed by atoms with Gasteiger partial charge in [-0.3, -0.25) is 4.79 Å². The fraction of sp³-hybridized carbons (Fsp3) is 0.214. The molecule has 0 saturated heterocycles. The first-order valence-corrected chi connectivity index (χ1v) is 7.91. The van der Waals surface area contributed by atoms with Gasteiger partial charge in [0.15, 0.2) is 9.84 Å². The van der Waals surface area contributed by atoms with E-state index in [9.17, 15) is 13.2 Å². The van der Waals surface area contributed by atoms with E-state index in [1.807, 2.05) is 6.07 Å². The molecule has 0 radical (unpaired) electrons. The van der Waals surface area contributed by atoms with E-state index in [2.05, 4.69) is 10.3 Å². The van der Waals surface area contributed by atoms with E-state index < -0.39 is 9.84 Å². The monoisotopic (exact) mass is 292 g/mol. The van der Waals surface area contributed by atoms with Gasteiger partial charge < -0.3 is 10.3 Å². The SMILES string of the molecule is CCS(=O)(=O)c1ccccc1C(=O)NCc1cc[nH]c1. The predicted molar refractivity (Wildman–Crippen MR) is 76.1 cm³/mol. The minimum Gasteiger partial charge on any atom is -0.367 e. The molecule has 2 N–H and O–H groups in total. The van der Waals surface area contributed by atoms with E-state index in [-0.39, 0.29) is 22.1 Å². The van der Waals surface area contributed by atoms with Gasteiger partial charge in [-0.25, -0.2) is 8.42 Å². The van der Waals surface area contributed by atoms with E-state index in [4.69, 9.17) is 0 Å². The molecule has 6 heteroatoms. The van der Waals surface area contributed by atoms with Crippen LogP contribution in [-0.2, 0) is 16.4 Å². The summed E-state index contributed by atoms with van der Waals surface area (Å²) >= 11 is 0. The van der Waals surface area contributed by atoms with Crippen LogP contribution in [0.4, 0.5) is 0 Å². The Kier molecular flexibility index (Phi) is 4.24. The van der Waals surface area contributed by atoms with Crippen molar-refractivity contribution >= 4 is 15.7 Å². The Bertz CT molecular complexity index is 691. The largest absolute Gasteiger partial charge is 0.367 e. The predicted octanol–water partition coefficient (Wildman–Crippen LogP) is 1.74. The molecule has 0 spiro atoms. The van der Waals surface area contributed by atoms with Crippen LogP contribution in [0.5, 0.6) is 0 Å². The van der Waals surface area contributed by atoms with Gasteiger partial charge in [0.25, 0.3) is 5.91 Å². The summed E-state index contributed by atoms with van der Waals surface area (Å²) in [7, 11) is -3.41. The molecule has 1 aromatic carbocycles. The lowest BCUT2D eigenvalue weighted by atomic mass is 10.2. The molecule has 0 aliphatic carbocycles. The highest BCUT2D eigenvalue weighted by atomic mass is 32.2. The summed E-state index contributed by atoms with van der Waals surface area (Å²) in [5, 5.41) is 2.71. The Balaban J connectivity index is 2.22. The van der Waals surface area contributed by atoms with E-state index in [1.165, 1.54) is 12.1 Å². The van der Waals surface area contributed by atoms with E-state index in [0.29, 0.717) is 6.54 Å². The van der Waals surface area contributed by atoms with Crippen LogP contribution < -0.4 is 5.32 Å². The minimum atomic E-state index is -3.41. The van der Waals surface area contributed by atoms with Crippen molar-refractivity contribution in [1.82, 2.24) is 10.3 Å². The second-order valence-corrected chi connectivity index (χ2v) is 6.55. The Hall–Kier alpha value is -2.08. The molecule has 2 aromatic rings. The smallest absolute Gasteiger partial charge is 0.252 e. The summed E-state index contributed by atoms with van der Waals surface area (Å²) in [5.41, 5.74) is 1.11. The van der Waals surface area contributed by atoms with Crippen molar-refractivity contribution in [2.45, 2.75) is 18.4 Å². The van der Waals surface area contributed by atoms with Crippen LogP contribution >= 0.6 is 0 Å². The molecule has 0 fully saturated rings. The van der Waals surface area contributed by atoms with E-state index >= 15 is 0 Å². The van der Waals surface area contributed by atoms with Crippen LogP contribution in [0.3, 0.4) is 0 Å². The quantitative estimate of drug-likeness (QED) is 0.881. The zero-order valence-electron chi connectivity index (χ0n) is 11.1. The van der Waals surface area contributed by atoms with Crippen LogP contribution in [0, 0.1) is 0 Å². The Morgan fingerprint density at radius 1 is 1.25 bits per heavy atom. The maximum atomic E-state index is 12.1. The number of rotatable bonds is 5. The lowest BCUT2D eigenvalue weighted by Gasteiger charge is -2.09. The van der Waals surface area contributed by atoms with Gasteiger partial charge in [-0.15, -0.1) is 0 Å². The topological polar surface area (TPSA) is 79.0 Å². The molecule has 0 aliphatic heterocycles. The van der Waals surface area contributed by atoms with Crippen LogP contribution in [-0.4, -0.2) is 25.1 Å². The number of carbonyl (C=O) groups excluding carboxylic acids is 1. The van der Waals surface area contributed by atoms with Crippen molar-refractivity contribution in [3.8, 4) is 0 Å². The maximum Gasteiger partial charge on any atom is 0.252 e. The highest BCUT2D eigenvalue weighted by molar-refractivity contribution is 7.91. The first-order chi connectivity index (χ1) is 9.54. The molecule has 1 aromatic heterocycles. The van der Waals surface area contributed by atoms with Gasteiger partial charge in [-0.1, -0.05) is 19.1 Å². The molecule has 0 saturated carbocycles. The van der Waals surface area contributed by atoms with Crippen LogP contribution in [0.15, 0.2) is 47.6 Å². The Morgan fingerprint density at radius 2 is 2.00 bits per heavy atom. The molecule has 106 valence electrons. The van der Waals surface area contributed by atoms with Crippen molar-refractivity contribution in [2.75, 3.05) is 5.75 Å². The molecule has 0 unspecified atom stereocenters. The molecule has 1 amide bonds. The summed E-state index contributed by atoms with van der Waals surface area (Å²) in [5.74, 6) is -0.423. The molecule has 1 heterocycles. The second-order valence-electron chi connectivity index (χ2n) is 4.30. The standard InChI is InChI=1S/C14H16N2O3S/c1-2-20(18,19)13-6-4-3-5-12(13)14(17)16-10-11-7-8-15-9-11/h3-9,15H,2,10H2,1H3,(H,16,17). The number of hydrogen-bond donors (Lipinski definition) is 2. The van der Waals surface area contributed by atoms with Crippen molar-refractivity contribution < 1.29 is 13.2 Å². The number of benzene rings is 1. The number of aromatic amines is 1. The van der Waals surface area contributed by atoms with Crippen molar-refractivity contribution in [3.63, 3.8) is 0 Å². The van der Waals surface area contributed by atoms with Crippen LogP contribution in [0.25, 0.3) is 0 Å².